The van der Waals surface area contributed by atoms with Crippen molar-refractivity contribution in [2.75, 3.05) is 11.9 Å². The Morgan fingerprint density at radius 2 is 2.33 bits per heavy atom. The topological polar surface area (TPSA) is 126 Å². The molecule has 2 aromatic rings. The summed E-state index contributed by atoms with van der Waals surface area (Å²) in [7, 11) is 0. The van der Waals surface area contributed by atoms with Crippen LogP contribution in [0.2, 0.25) is 0 Å². The number of ether oxygens (including phenoxy) is 1. The van der Waals surface area contributed by atoms with E-state index in [9.17, 15) is 4.79 Å². The molecule has 21 heavy (non-hydrogen) atoms. The van der Waals surface area contributed by atoms with Crippen LogP contribution in [0, 0.1) is 0 Å². The number of aromatic amines is 1. The van der Waals surface area contributed by atoms with Gasteiger partial charge in [0.25, 0.3) is 0 Å². The van der Waals surface area contributed by atoms with Gasteiger partial charge in [0.1, 0.15) is 24.1 Å². The lowest BCUT2D eigenvalue weighted by atomic mass is 10.0. The molecule has 0 fully saturated rings. The molecule has 2 heterocycles. The van der Waals surface area contributed by atoms with E-state index in [2.05, 4.69) is 20.7 Å². The molecule has 0 bridgehead atoms. The van der Waals surface area contributed by atoms with E-state index in [0.717, 1.165) is 5.56 Å². The molecule has 1 atom stereocenters. The van der Waals surface area contributed by atoms with Crippen LogP contribution in [0.4, 0.5) is 5.82 Å². The standard InChI is InChI=1S/C13H13N5O3/c14-11(18-20)8-5-15-17-12(8)16-13(19)9-6-21-10-4-2-1-3-7(9)10/h1-5,9,20H,6H2,(H2,14,18)(H2,15,16,17,19). The number of amides is 1. The summed E-state index contributed by atoms with van der Waals surface area (Å²) in [4.78, 5) is 12.4. The summed E-state index contributed by atoms with van der Waals surface area (Å²) in [5.74, 6) is 0.182. The van der Waals surface area contributed by atoms with Crippen molar-refractivity contribution in [2.24, 2.45) is 10.9 Å². The third-order valence-electron chi connectivity index (χ3n) is 3.29. The number of nitrogens with two attached hydrogens (primary N) is 1. The highest BCUT2D eigenvalue weighted by Gasteiger charge is 2.30. The van der Waals surface area contributed by atoms with Gasteiger partial charge >= 0.3 is 0 Å². The van der Waals surface area contributed by atoms with Crippen molar-refractivity contribution in [1.29, 1.82) is 0 Å². The van der Waals surface area contributed by atoms with Crippen molar-refractivity contribution < 1.29 is 14.7 Å². The number of nitrogens with one attached hydrogen (secondary N) is 2. The maximum absolute atomic E-state index is 12.4. The summed E-state index contributed by atoms with van der Waals surface area (Å²) in [5.41, 5.74) is 6.66. The minimum absolute atomic E-state index is 0.137. The molecule has 8 heteroatoms. The molecular weight excluding hydrogens is 274 g/mol. The number of amidine groups is 1. The highest BCUT2D eigenvalue weighted by Crippen LogP contribution is 2.34. The molecule has 3 rings (SSSR count). The minimum atomic E-state index is -0.412. The number of para-hydroxylation sites is 1. The van der Waals surface area contributed by atoms with Crippen molar-refractivity contribution in [1.82, 2.24) is 10.2 Å². The Morgan fingerprint density at radius 3 is 3.14 bits per heavy atom. The Labute approximate surface area is 119 Å². The number of hydrogen-bond donors (Lipinski definition) is 4. The Hall–Kier alpha value is -3.03. The first-order valence-corrected chi connectivity index (χ1v) is 6.24. The first-order valence-electron chi connectivity index (χ1n) is 6.24. The summed E-state index contributed by atoms with van der Waals surface area (Å²) < 4.78 is 5.48. The van der Waals surface area contributed by atoms with Gasteiger partial charge in [-0.3, -0.25) is 9.89 Å². The molecule has 1 aliphatic heterocycles. The molecule has 1 amide bonds. The molecule has 108 valence electrons. The average Bonchev–Trinajstić information content (AvgIpc) is 3.12. The number of hydrogen-bond acceptors (Lipinski definition) is 5. The fourth-order valence-electron chi connectivity index (χ4n) is 2.22. The van der Waals surface area contributed by atoms with E-state index in [1.54, 1.807) is 0 Å². The number of H-pyrrole nitrogens is 1. The second-order valence-electron chi connectivity index (χ2n) is 4.53. The van der Waals surface area contributed by atoms with E-state index in [1.165, 1.54) is 6.20 Å². The highest BCUT2D eigenvalue weighted by atomic mass is 16.5. The van der Waals surface area contributed by atoms with Crippen LogP contribution in [0.1, 0.15) is 17.0 Å². The zero-order valence-electron chi connectivity index (χ0n) is 10.9. The zero-order valence-corrected chi connectivity index (χ0v) is 10.9. The maximum Gasteiger partial charge on any atom is 0.236 e. The molecule has 0 spiro atoms. The van der Waals surface area contributed by atoms with E-state index >= 15 is 0 Å². The Balaban J connectivity index is 1.81. The number of benzene rings is 1. The van der Waals surface area contributed by atoms with E-state index in [1.807, 2.05) is 24.3 Å². The summed E-state index contributed by atoms with van der Waals surface area (Å²) in [6.45, 7) is 0.276. The van der Waals surface area contributed by atoms with Gasteiger partial charge in [-0.1, -0.05) is 23.4 Å². The molecule has 0 radical (unpaired) electrons. The summed E-state index contributed by atoms with van der Waals surface area (Å²) in [5, 5.41) is 20.6. The molecule has 0 saturated heterocycles. The number of carbonyl (C=O) groups is 1. The molecule has 8 nitrogen and oxygen atoms in total. The van der Waals surface area contributed by atoms with Crippen LogP contribution in [0.25, 0.3) is 0 Å². The predicted octanol–water partition coefficient (Wildman–Crippen LogP) is 0.619. The number of aromatic nitrogens is 2. The van der Waals surface area contributed by atoms with Gasteiger partial charge < -0.3 is 21.0 Å². The zero-order chi connectivity index (χ0) is 14.8. The minimum Gasteiger partial charge on any atom is -0.492 e. The second-order valence-corrected chi connectivity index (χ2v) is 4.53. The summed E-state index contributed by atoms with van der Waals surface area (Å²) in [6, 6.07) is 7.38. The van der Waals surface area contributed by atoms with Gasteiger partial charge in [0.15, 0.2) is 5.84 Å². The van der Waals surface area contributed by atoms with Crippen LogP contribution in [-0.2, 0) is 4.79 Å². The summed E-state index contributed by atoms with van der Waals surface area (Å²) >= 11 is 0. The van der Waals surface area contributed by atoms with Crippen molar-refractivity contribution in [3.8, 4) is 5.75 Å². The van der Waals surface area contributed by atoms with Crippen LogP contribution < -0.4 is 15.8 Å². The number of anilines is 1. The third-order valence-corrected chi connectivity index (χ3v) is 3.29. The summed E-state index contributed by atoms with van der Waals surface area (Å²) in [6.07, 6.45) is 1.36. The molecule has 1 aliphatic rings. The molecule has 1 aromatic carbocycles. The van der Waals surface area contributed by atoms with Gasteiger partial charge in [-0.25, -0.2) is 0 Å². The van der Waals surface area contributed by atoms with Gasteiger partial charge in [0.2, 0.25) is 5.91 Å². The van der Waals surface area contributed by atoms with Gasteiger partial charge in [0.05, 0.1) is 11.8 Å². The molecule has 0 saturated carbocycles. The Kier molecular flexibility index (Phi) is 3.19. The largest absolute Gasteiger partial charge is 0.492 e. The lowest BCUT2D eigenvalue weighted by Crippen LogP contribution is -2.24. The number of fused-ring (bicyclic) bond motifs is 1. The Bertz CT molecular complexity index is 709. The predicted molar refractivity (Wildman–Crippen MR) is 74.4 cm³/mol. The van der Waals surface area contributed by atoms with Crippen LogP contribution >= 0.6 is 0 Å². The van der Waals surface area contributed by atoms with Gasteiger partial charge in [0, 0.05) is 5.56 Å². The highest BCUT2D eigenvalue weighted by molar-refractivity contribution is 6.05. The van der Waals surface area contributed by atoms with Crippen molar-refractivity contribution in [2.45, 2.75) is 5.92 Å². The van der Waals surface area contributed by atoms with Crippen LogP contribution in [0.15, 0.2) is 35.6 Å². The molecule has 1 unspecified atom stereocenters. The first kappa shape index (κ1) is 13.0. The molecule has 0 aliphatic carbocycles. The fraction of sp³-hybridized carbons (Fsp3) is 0.154. The van der Waals surface area contributed by atoms with Crippen LogP contribution in [-0.4, -0.2) is 33.8 Å². The quantitative estimate of drug-likeness (QED) is 0.285. The smallest absolute Gasteiger partial charge is 0.236 e. The van der Waals surface area contributed by atoms with Crippen molar-refractivity contribution in [3.63, 3.8) is 0 Å². The number of carbonyl (C=O) groups excluding carboxylic acids is 1. The monoisotopic (exact) mass is 287 g/mol. The fourth-order valence-corrected chi connectivity index (χ4v) is 2.22. The SMILES string of the molecule is NC(=NO)c1cn[nH]c1NC(=O)C1COc2ccccc21. The molecular formula is C13H13N5O3. The van der Waals surface area contributed by atoms with Gasteiger partial charge in [-0.05, 0) is 6.07 Å². The van der Waals surface area contributed by atoms with Gasteiger partial charge in [-0.2, -0.15) is 5.10 Å². The van der Waals surface area contributed by atoms with E-state index in [-0.39, 0.29) is 24.2 Å². The lowest BCUT2D eigenvalue weighted by Gasteiger charge is -2.09. The molecule has 5 N–H and O–H groups in total. The normalized spacial score (nSPS) is 17.1. The van der Waals surface area contributed by atoms with Crippen molar-refractivity contribution in [3.05, 3.63) is 41.6 Å². The maximum atomic E-state index is 12.4. The van der Waals surface area contributed by atoms with Gasteiger partial charge in [-0.15, -0.1) is 0 Å². The number of rotatable bonds is 3. The average molecular weight is 287 g/mol. The van der Waals surface area contributed by atoms with E-state index < -0.39 is 5.92 Å². The van der Waals surface area contributed by atoms with Crippen LogP contribution in [0.3, 0.4) is 0 Å². The second kappa shape index (κ2) is 5.16. The number of nitrogens with zero attached hydrogens (tertiary/aromatic N) is 2. The van der Waals surface area contributed by atoms with Crippen LogP contribution in [0.5, 0.6) is 5.75 Å². The number of oxime groups is 1. The third kappa shape index (κ3) is 2.27. The van der Waals surface area contributed by atoms with E-state index in [4.69, 9.17) is 15.7 Å². The van der Waals surface area contributed by atoms with E-state index in [0.29, 0.717) is 11.3 Å². The first-order chi connectivity index (χ1) is 10.2. The van der Waals surface area contributed by atoms with Crippen molar-refractivity contribution >= 4 is 17.6 Å². The molecule has 1 aromatic heterocycles. The lowest BCUT2D eigenvalue weighted by molar-refractivity contribution is -0.117. The Morgan fingerprint density at radius 1 is 1.52 bits per heavy atom.